The summed E-state index contributed by atoms with van der Waals surface area (Å²) >= 11 is 0. The maximum Gasteiger partial charge on any atom is 0.0223 e. The SMILES string of the molecule is CCC(CC)(CNC1CC1)CN1CCN2CCCCC2C1. The van der Waals surface area contributed by atoms with E-state index in [1.54, 1.807) is 0 Å². The second kappa shape index (κ2) is 6.97. The normalized spacial score (nSPS) is 28.6. The molecule has 3 rings (SSSR count). The number of fused-ring (bicyclic) bond motifs is 1. The summed E-state index contributed by atoms with van der Waals surface area (Å²) in [5.41, 5.74) is 0.499. The molecule has 3 aliphatic rings. The summed E-state index contributed by atoms with van der Waals surface area (Å²) in [5, 5.41) is 3.81. The molecule has 1 saturated carbocycles. The van der Waals surface area contributed by atoms with Crippen LogP contribution in [0.4, 0.5) is 0 Å². The Morgan fingerprint density at radius 2 is 1.81 bits per heavy atom. The fraction of sp³-hybridized carbons (Fsp3) is 1.00. The molecule has 2 aliphatic heterocycles. The van der Waals surface area contributed by atoms with Crippen LogP contribution in [0.2, 0.25) is 0 Å². The third-order valence-corrected chi connectivity index (χ3v) is 6.32. The van der Waals surface area contributed by atoms with Gasteiger partial charge in [0, 0.05) is 44.8 Å². The van der Waals surface area contributed by atoms with Gasteiger partial charge in [-0.15, -0.1) is 0 Å². The molecule has 0 spiro atoms. The van der Waals surface area contributed by atoms with Crippen molar-refractivity contribution in [3.05, 3.63) is 0 Å². The predicted molar refractivity (Wildman–Crippen MR) is 89.7 cm³/mol. The standard InChI is InChI=1S/C18H35N3/c1-3-18(4-2,14-19-16-8-9-16)15-20-11-12-21-10-6-5-7-17(21)13-20/h16-17,19H,3-15H2,1-2H3. The lowest BCUT2D eigenvalue weighted by molar-refractivity contribution is 0.0231. The first-order valence-electron chi connectivity index (χ1n) is 9.44. The zero-order chi connectivity index (χ0) is 14.7. The molecule has 1 atom stereocenters. The van der Waals surface area contributed by atoms with Gasteiger partial charge in [-0.05, 0) is 50.5 Å². The second-order valence-corrected chi connectivity index (χ2v) is 7.78. The van der Waals surface area contributed by atoms with Crippen LogP contribution < -0.4 is 5.32 Å². The molecule has 2 heterocycles. The Morgan fingerprint density at radius 3 is 2.52 bits per heavy atom. The number of piperazine rings is 1. The predicted octanol–water partition coefficient (Wildman–Crippen LogP) is 2.71. The first-order valence-corrected chi connectivity index (χ1v) is 9.44. The molecule has 0 aromatic carbocycles. The van der Waals surface area contributed by atoms with Crippen molar-refractivity contribution in [2.24, 2.45) is 5.41 Å². The van der Waals surface area contributed by atoms with Crippen molar-refractivity contribution in [3.63, 3.8) is 0 Å². The number of hydrogen-bond acceptors (Lipinski definition) is 3. The monoisotopic (exact) mass is 293 g/mol. The average Bonchev–Trinajstić information content (AvgIpc) is 3.36. The van der Waals surface area contributed by atoms with Gasteiger partial charge in [-0.25, -0.2) is 0 Å². The van der Waals surface area contributed by atoms with Gasteiger partial charge in [0.1, 0.15) is 0 Å². The minimum atomic E-state index is 0.499. The van der Waals surface area contributed by atoms with Gasteiger partial charge in [-0.1, -0.05) is 20.3 Å². The molecule has 3 heteroatoms. The van der Waals surface area contributed by atoms with E-state index in [4.69, 9.17) is 0 Å². The van der Waals surface area contributed by atoms with Crippen molar-refractivity contribution in [3.8, 4) is 0 Å². The smallest absolute Gasteiger partial charge is 0.0223 e. The number of nitrogens with zero attached hydrogens (tertiary/aromatic N) is 2. The highest BCUT2D eigenvalue weighted by Crippen LogP contribution is 2.31. The molecule has 0 radical (unpaired) electrons. The largest absolute Gasteiger partial charge is 0.313 e. The summed E-state index contributed by atoms with van der Waals surface area (Å²) < 4.78 is 0. The second-order valence-electron chi connectivity index (χ2n) is 7.78. The van der Waals surface area contributed by atoms with E-state index in [-0.39, 0.29) is 0 Å². The molecule has 1 aliphatic carbocycles. The first kappa shape index (κ1) is 15.8. The van der Waals surface area contributed by atoms with Crippen LogP contribution in [-0.2, 0) is 0 Å². The van der Waals surface area contributed by atoms with Crippen molar-refractivity contribution in [2.45, 2.75) is 70.9 Å². The molecule has 2 saturated heterocycles. The molecule has 3 fully saturated rings. The average molecular weight is 293 g/mol. The molecule has 0 aromatic rings. The zero-order valence-corrected chi connectivity index (χ0v) is 14.2. The van der Waals surface area contributed by atoms with Crippen LogP contribution in [0, 0.1) is 5.41 Å². The Kier molecular flexibility index (Phi) is 5.23. The van der Waals surface area contributed by atoms with Crippen molar-refractivity contribution >= 4 is 0 Å². The van der Waals surface area contributed by atoms with Crippen LogP contribution in [0.25, 0.3) is 0 Å². The summed E-state index contributed by atoms with van der Waals surface area (Å²) in [7, 11) is 0. The zero-order valence-electron chi connectivity index (χ0n) is 14.2. The van der Waals surface area contributed by atoms with E-state index in [9.17, 15) is 0 Å². The molecule has 0 bridgehead atoms. The summed E-state index contributed by atoms with van der Waals surface area (Å²) in [4.78, 5) is 5.54. The van der Waals surface area contributed by atoms with Gasteiger partial charge in [0.25, 0.3) is 0 Å². The van der Waals surface area contributed by atoms with Crippen LogP contribution in [0.15, 0.2) is 0 Å². The quantitative estimate of drug-likeness (QED) is 0.778. The van der Waals surface area contributed by atoms with Gasteiger partial charge in [0.2, 0.25) is 0 Å². The number of piperidine rings is 1. The van der Waals surface area contributed by atoms with Crippen molar-refractivity contribution in [2.75, 3.05) is 39.3 Å². The van der Waals surface area contributed by atoms with Crippen molar-refractivity contribution in [1.29, 1.82) is 0 Å². The van der Waals surface area contributed by atoms with E-state index in [0.717, 1.165) is 12.1 Å². The van der Waals surface area contributed by atoms with Crippen molar-refractivity contribution in [1.82, 2.24) is 15.1 Å². The highest BCUT2D eigenvalue weighted by molar-refractivity contribution is 4.91. The molecule has 1 unspecified atom stereocenters. The minimum absolute atomic E-state index is 0.499. The summed E-state index contributed by atoms with van der Waals surface area (Å²) in [6.07, 6.45) is 9.75. The summed E-state index contributed by atoms with van der Waals surface area (Å²) in [6.45, 7) is 12.6. The first-order chi connectivity index (χ1) is 10.2. The lowest BCUT2D eigenvalue weighted by Crippen LogP contribution is -2.57. The van der Waals surface area contributed by atoms with Gasteiger partial charge in [0.05, 0.1) is 0 Å². The Balaban J connectivity index is 1.54. The number of rotatable bonds is 7. The molecule has 0 aromatic heterocycles. The van der Waals surface area contributed by atoms with Gasteiger partial charge in [0.15, 0.2) is 0 Å². The van der Waals surface area contributed by atoms with E-state index < -0.39 is 0 Å². The maximum absolute atomic E-state index is 3.81. The molecule has 3 nitrogen and oxygen atoms in total. The Morgan fingerprint density at radius 1 is 1.00 bits per heavy atom. The molecule has 21 heavy (non-hydrogen) atoms. The lowest BCUT2D eigenvalue weighted by atomic mass is 9.81. The van der Waals surface area contributed by atoms with Crippen LogP contribution in [0.3, 0.4) is 0 Å². The highest BCUT2D eigenvalue weighted by atomic mass is 15.3. The third-order valence-electron chi connectivity index (χ3n) is 6.32. The summed E-state index contributed by atoms with van der Waals surface area (Å²) in [5.74, 6) is 0. The van der Waals surface area contributed by atoms with E-state index in [2.05, 4.69) is 29.0 Å². The molecule has 122 valence electrons. The van der Waals surface area contributed by atoms with Gasteiger partial charge >= 0.3 is 0 Å². The number of nitrogens with one attached hydrogen (secondary N) is 1. The number of hydrogen-bond donors (Lipinski definition) is 1. The molecule has 0 amide bonds. The Labute approximate surface area is 131 Å². The van der Waals surface area contributed by atoms with Crippen molar-refractivity contribution < 1.29 is 0 Å². The highest BCUT2D eigenvalue weighted by Gasteiger charge is 2.35. The maximum atomic E-state index is 3.81. The van der Waals surface area contributed by atoms with Gasteiger partial charge < -0.3 is 5.32 Å². The van der Waals surface area contributed by atoms with Gasteiger partial charge in [-0.3, -0.25) is 9.80 Å². The molecular weight excluding hydrogens is 258 g/mol. The van der Waals surface area contributed by atoms with Crippen LogP contribution in [-0.4, -0.2) is 61.2 Å². The fourth-order valence-electron chi connectivity index (χ4n) is 4.27. The van der Waals surface area contributed by atoms with E-state index in [0.29, 0.717) is 5.41 Å². The fourth-order valence-corrected chi connectivity index (χ4v) is 4.27. The molecule has 1 N–H and O–H groups in total. The summed E-state index contributed by atoms with van der Waals surface area (Å²) in [6, 6.07) is 1.70. The van der Waals surface area contributed by atoms with Gasteiger partial charge in [-0.2, -0.15) is 0 Å². The van der Waals surface area contributed by atoms with E-state index >= 15 is 0 Å². The van der Waals surface area contributed by atoms with E-state index in [1.165, 1.54) is 84.2 Å². The van der Waals surface area contributed by atoms with Crippen LogP contribution >= 0.6 is 0 Å². The molecular formula is C18H35N3. The lowest BCUT2D eigenvalue weighted by Gasteiger charge is -2.47. The minimum Gasteiger partial charge on any atom is -0.313 e. The Bertz CT molecular complexity index is 322. The van der Waals surface area contributed by atoms with E-state index in [1.807, 2.05) is 0 Å². The van der Waals surface area contributed by atoms with Crippen LogP contribution in [0.5, 0.6) is 0 Å². The van der Waals surface area contributed by atoms with Crippen LogP contribution in [0.1, 0.15) is 58.8 Å². The topological polar surface area (TPSA) is 18.5 Å². The Hall–Kier alpha value is -0.120. The third kappa shape index (κ3) is 4.00.